The topological polar surface area (TPSA) is 80.3 Å². The number of benzene rings is 2. The van der Waals surface area contributed by atoms with Crippen molar-refractivity contribution in [3.8, 4) is 0 Å². The average Bonchev–Trinajstić information content (AvgIpc) is 2.92. The maximum atomic E-state index is 13.7. The van der Waals surface area contributed by atoms with Crippen molar-refractivity contribution in [1.29, 1.82) is 0 Å². The van der Waals surface area contributed by atoms with Gasteiger partial charge in [-0.1, -0.05) is 18.2 Å². The van der Waals surface area contributed by atoms with Crippen molar-refractivity contribution in [3.63, 3.8) is 0 Å². The summed E-state index contributed by atoms with van der Waals surface area (Å²) in [6, 6.07) is 9.72. The number of rotatable bonds is 6. The predicted octanol–water partition coefficient (Wildman–Crippen LogP) is 1.74. The van der Waals surface area contributed by atoms with Crippen LogP contribution in [-0.2, 0) is 26.1 Å². The molecule has 0 radical (unpaired) electrons. The Balaban J connectivity index is 1.77. The van der Waals surface area contributed by atoms with E-state index >= 15 is 0 Å². The predicted molar refractivity (Wildman–Crippen MR) is 97.9 cm³/mol. The zero-order valence-corrected chi connectivity index (χ0v) is 15.9. The summed E-state index contributed by atoms with van der Waals surface area (Å²) in [6.07, 6.45) is 0.298. The Hall–Kier alpha value is -1.84. The zero-order chi connectivity index (χ0) is 19.7. The molecule has 3 rings (SSSR count). The fourth-order valence-corrected chi connectivity index (χ4v) is 7.92. The van der Waals surface area contributed by atoms with Gasteiger partial charge >= 0.3 is 0 Å². The van der Waals surface area contributed by atoms with E-state index in [-0.39, 0.29) is 23.0 Å². The van der Waals surface area contributed by atoms with Crippen LogP contribution in [0.1, 0.15) is 5.56 Å². The van der Waals surface area contributed by atoms with Crippen LogP contribution in [-0.4, -0.2) is 46.2 Å². The molecule has 2 atom stereocenters. The fraction of sp³-hybridized carbons (Fsp3) is 0.333. The average molecular weight is 415 g/mol. The summed E-state index contributed by atoms with van der Waals surface area (Å²) in [5.41, 5.74) is 0.462. The van der Waals surface area contributed by atoms with E-state index in [1.54, 1.807) is 18.2 Å². The van der Waals surface area contributed by atoms with Gasteiger partial charge in [-0.05, 0) is 48.9 Å². The third-order valence-corrected chi connectivity index (χ3v) is 8.77. The molecule has 27 heavy (non-hydrogen) atoms. The highest BCUT2D eigenvalue weighted by atomic mass is 32.2. The third-order valence-electron chi connectivity index (χ3n) is 4.60. The normalized spacial score (nSPS) is 22.0. The number of hydrogen-bond acceptors (Lipinski definition) is 5. The van der Waals surface area contributed by atoms with Crippen LogP contribution in [0, 0.1) is 11.6 Å². The van der Waals surface area contributed by atoms with E-state index in [1.807, 2.05) is 0 Å². The lowest BCUT2D eigenvalue weighted by Gasteiger charge is -2.20. The molecule has 2 aromatic carbocycles. The minimum Gasteiger partial charge on any atom is -0.311 e. The SMILES string of the molecule is O=S1(=O)CC(NCCc2ccccc2F)C(S(=O)(=O)c2ccc(F)cc2)C1. The molecule has 1 N–H and O–H groups in total. The van der Waals surface area contributed by atoms with Crippen LogP contribution >= 0.6 is 0 Å². The van der Waals surface area contributed by atoms with E-state index in [4.69, 9.17) is 0 Å². The van der Waals surface area contributed by atoms with E-state index in [1.165, 1.54) is 6.07 Å². The van der Waals surface area contributed by atoms with Gasteiger partial charge in [0.2, 0.25) is 0 Å². The van der Waals surface area contributed by atoms with Crippen molar-refractivity contribution in [2.24, 2.45) is 0 Å². The number of halogens is 2. The quantitative estimate of drug-likeness (QED) is 0.727. The first-order chi connectivity index (χ1) is 12.7. The highest BCUT2D eigenvalue weighted by Crippen LogP contribution is 2.26. The van der Waals surface area contributed by atoms with Crippen LogP contribution < -0.4 is 5.32 Å². The molecule has 2 unspecified atom stereocenters. The van der Waals surface area contributed by atoms with Crippen LogP contribution in [0.3, 0.4) is 0 Å². The molecule has 0 aromatic heterocycles. The van der Waals surface area contributed by atoms with Crippen LogP contribution in [0.5, 0.6) is 0 Å². The molecular formula is C18H19F2NO4S2. The van der Waals surface area contributed by atoms with Gasteiger partial charge in [0.25, 0.3) is 0 Å². The Kier molecular flexibility index (Phi) is 5.64. The summed E-state index contributed by atoms with van der Waals surface area (Å²) in [5.74, 6) is -1.75. The van der Waals surface area contributed by atoms with Crippen molar-refractivity contribution in [2.75, 3.05) is 18.1 Å². The van der Waals surface area contributed by atoms with Gasteiger partial charge in [0.15, 0.2) is 19.7 Å². The molecule has 1 aliphatic heterocycles. The van der Waals surface area contributed by atoms with Gasteiger partial charge < -0.3 is 5.32 Å². The third kappa shape index (κ3) is 4.53. The van der Waals surface area contributed by atoms with Crippen molar-refractivity contribution >= 4 is 19.7 Å². The number of nitrogens with one attached hydrogen (secondary N) is 1. The molecule has 5 nitrogen and oxygen atoms in total. The van der Waals surface area contributed by atoms with Crippen molar-refractivity contribution in [2.45, 2.75) is 22.6 Å². The summed E-state index contributed by atoms with van der Waals surface area (Å²) >= 11 is 0. The van der Waals surface area contributed by atoms with Crippen LogP contribution in [0.25, 0.3) is 0 Å². The van der Waals surface area contributed by atoms with Crippen LogP contribution in [0.2, 0.25) is 0 Å². The van der Waals surface area contributed by atoms with Crippen molar-refractivity contribution in [1.82, 2.24) is 5.32 Å². The van der Waals surface area contributed by atoms with Gasteiger partial charge in [-0.25, -0.2) is 25.6 Å². The lowest BCUT2D eigenvalue weighted by Crippen LogP contribution is -2.44. The smallest absolute Gasteiger partial charge is 0.183 e. The van der Waals surface area contributed by atoms with Gasteiger partial charge in [-0.3, -0.25) is 0 Å². The molecule has 0 amide bonds. The van der Waals surface area contributed by atoms with Gasteiger partial charge in [0, 0.05) is 6.04 Å². The Morgan fingerprint density at radius 3 is 2.33 bits per heavy atom. The highest BCUT2D eigenvalue weighted by Gasteiger charge is 2.45. The Morgan fingerprint density at radius 1 is 1.00 bits per heavy atom. The molecule has 9 heteroatoms. The first-order valence-electron chi connectivity index (χ1n) is 8.36. The second-order valence-corrected chi connectivity index (χ2v) is 10.8. The molecule has 0 bridgehead atoms. The van der Waals surface area contributed by atoms with Crippen molar-refractivity contribution in [3.05, 3.63) is 65.7 Å². The summed E-state index contributed by atoms with van der Waals surface area (Å²) < 4.78 is 76.5. The Labute approximate surface area is 157 Å². The van der Waals surface area contributed by atoms with E-state index < -0.39 is 42.5 Å². The van der Waals surface area contributed by atoms with E-state index in [0.29, 0.717) is 12.0 Å². The maximum absolute atomic E-state index is 13.7. The molecule has 0 spiro atoms. The molecule has 1 saturated heterocycles. The largest absolute Gasteiger partial charge is 0.311 e. The van der Waals surface area contributed by atoms with Crippen molar-refractivity contribution < 1.29 is 25.6 Å². The number of sulfone groups is 2. The minimum atomic E-state index is -3.96. The molecule has 1 fully saturated rings. The van der Waals surface area contributed by atoms with Gasteiger partial charge in [-0.15, -0.1) is 0 Å². The molecule has 0 aliphatic carbocycles. The molecule has 0 saturated carbocycles. The fourth-order valence-electron chi connectivity index (χ4n) is 3.20. The molecule has 1 aliphatic rings. The maximum Gasteiger partial charge on any atom is 0.183 e. The van der Waals surface area contributed by atoms with Gasteiger partial charge in [-0.2, -0.15) is 0 Å². The van der Waals surface area contributed by atoms with Crippen LogP contribution in [0.4, 0.5) is 8.78 Å². The molecule has 146 valence electrons. The van der Waals surface area contributed by atoms with E-state index in [9.17, 15) is 25.6 Å². The summed E-state index contributed by atoms with van der Waals surface area (Å²) in [7, 11) is -7.50. The van der Waals surface area contributed by atoms with Gasteiger partial charge in [0.1, 0.15) is 11.6 Å². The van der Waals surface area contributed by atoms with E-state index in [0.717, 1.165) is 24.3 Å². The first kappa shape index (κ1) is 19.9. The lowest BCUT2D eigenvalue weighted by atomic mass is 10.1. The van der Waals surface area contributed by atoms with E-state index in [2.05, 4.69) is 5.32 Å². The summed E-state index contributed by atoms with van der Waals surface area (Å²) in [4.78, 5) is -0.119. The summed E-state index contributed by atoms with van der Waals surface area (Å²) in [6.45, 7) is 0.233. The molecule has 2 aromatic rings. The minimum absolute atomic E-state index is 0.119. The zero-order valence-electron chi connectivity index (χ0n) is 14.3. The Bertz CT molecular complexity index is 1020. The number of hydrogen-bond donors (Lipinski definition) is 1. The molecule has 1 heterocycles. The second kappa shape index (κ2) is 7.65. The summed E-state index contributed by atoms with van der Waals surface area (Å²) in [5, 5.41) is 1.78. The lowest BCUT2D eigenvalue weighted by molar-refractivity contribution is 0.523. The Morgan fingerprint density at radius 2 is 1.67 bits per heavy atom. The standard InChI is InChI=1S/C18H19F2NO4S2/c19-14-5-7-15(8-6-14)27(24,25)18-12-26(22,23)11-17(18)21-10-9-13-3-1-2-4-16(13)20/h1-8,17-18,21H,9-12H2. The van der Waals surface area contributed by atoms with Crippen LogP contribution in [0.15, 0.2) is 53.4 Å². The van der Waals surface area contributed by atoms with Gasteiger partial charge in [0.05, 0.1) is 21.7 Å². The highest BCUT2D eigenvalue weighted by molar-refractivity contribution is 7.96. The molecular weight excluding hydrogens is 396 g/mol. The second-order valence-electron chi connectivity index (χ2n) is 6.52. The first-order valence-corrected chi connectivity index (χ1v) is 11.7. The monoisotopic (exact) mass is 415 g/mol.